The predicted molar refractivity (Wildman–Crippen MR) is 80.0 cm³/mol. The molecular weight excluding hydrogens is 270 g/mol. The minimum Gasteiger partial charge on any atom is -0.465 e. The van der Waals surface area contributed by atoms with Gasteiger partial charge in [0.15, 0.2) is 0 Å². The lowest BCUT2D eigenvalue weighted by molar-refractivity contribution is -0.148. The first-order valence-corrected chi connectivity index (χ1v) is 8.53. The van der Waals surface area contributed by atoms with Gasteiger partial charge >= 0.3 is 5.97 Å². The summed E-state index contributed by atoms with van der Waals surface area (Å²) in [5.41, 5.74) is 0.237. The van der Waals surface area contributed by atoms with Crippen LogP contribution in [0.25, 0.3) is 0 Å². The molecule has 4 heteroatoms. The summed E-state index contributed by atoms with van der Waals surface area (Å²) in [4.78, 5) is 16.9. The van der Waals surface area contributed by atoms with Gasteiger partial charge in [-0.15, -0.1) is 11.3 Å². The van der Waals surface area contributed by atoms with Crippen molar-refractivity contribution in [3.05, 3.63) is 16.1 Å². The van der Waals surface area contributed by atoms with Crippen molar-refractivity contribution in [2.45, 2.75) is 57.8 Å². The van der Waals surface area contributed by atoms with Crippen LogP contribution in [0, 0.1) is 11.8 Å². The van der Waals surface area contributed by atoms with Crippen molar-refractivity contribution in [3.63, 3.8) is 0 Å². The number of carbonyl (C=O) groups is 1. The van der Waals surface area contributed by atoms with Crippen LogP contribution in [0.3, 0.4) is 0 Å². The minimum absolute atomic E-state index is 0.176. The third-order valence-corrected chi connectivity index (χ3v) is 5.98. The Balaban J connectivity index is 1.78. The van der Waals surface area contributed by atoms with Gasteiger partial charge < -0.3 is 4.74 Å². The lowest BCUT2D eigenvalue weighted by Gasteiger charge is -2.21. The first-order chi connectivity index (χ1) is 9.52. The van der Waals surface area contributed by atoms with Crippen molar-refractivity contribution in [1.29, 1.82) is 0 Å². The van der Waals surface area contributed by atoms with Gasteiger partial charge in [0.25, 0.3) is 0 Å². The van der Waals surface area contributed by atoms with Gasteiger partial charge in [-0.2, -0.15) is 0 Å². The van der Waals surface area contributed by atoms with E-state index in [2.05, 4.69) is 5.38 Å². The molecule has 1 heterocycles. The molecule has 0 radical (unpaired) electrons. The molecule has 2 aliphatic rings. The van der Waals surface area contributed by atoms with E-state index in [0.29, 0.717) is 12.5 Å². The molecule has 110 valence electrons. The molecule has 0 aliphatic heterocycles. The van der Waals surface area contributed by atoms with Crippen LogP contribution in [-0.4, -0.2) is 17.6 Å². The highest BCUT2D eigenvalue weighted by Gasteiger charge is 2.42. The quantitative estimate of drug-likeness (QED) is 0.791. The van der Waals surface area contributed by atoms with Gasteiger partial charge in [-0.1, -0.05) is 6.42 Å². The van der Waals surface area contributed by atoms with E-state index in [1.165, 1.54) is 30.7 Å². The zero-order valence-electron chi connectivity index (χ0n) is 12.5. The number of rotatable bonds is 4. The Hall–Kier alpha value is -0.900. The summed E-state index contributed by atoms with van der Waals surface area (Å²) >= 11 is 1.73. The molecule has 2 bridgehead atoms. The zero-order chi connectivity index (χ0) is 14.3. The number of carbonyl (C=O) groups excluding carboxylic acids is 1. The van der Waals surface area contributed by atoms with Gasteiger partial charge in [-0.05, 0) is 51.9 Å². The molecule has 0 amide bonds. The topological polar surface area (TPSA) is 39.2 Å². The highest BCUT2D eigenvalue weighted by Crippen LogP contribution is 2.53. The number of hydrogen-bond donors (Lipinski definition) is 0. The summed E-state index contributed by atoms with van der Waals surface area (Å²) in [5, 5.41) is 3.29. The summed E-state index contributed by atoms with van der Waals surface area (Å²) in [6, 6.07) is 0. The molecule has 0 aromatic carbocycles. The number of nitrogens with zero attached hydrogens (tertiary/aromatic N) is 1. The van der Waals surface area contributed by atoms with Crippen LogP contribution in [0.2, 0.25) is 0 Å². The second-order valence-corrected chi connectivity index (χ2v) is 7.59. The van der Waals surface area contributed by atoms with E-state index in [4.69, 9.17) is 9.72 Å². The van der Waals surface area contributed by atoms with E-state index < -0.39 is 5.41 Å². The first kappa shape index (κ1) is 14.1. The Morgan fingerprint density at radius 2 is 2.25 bits per heavy atom. The van der Waals surface area contributed by atoms with Crippen LogP contribution < -0.4 is 0 Å². The van der Waals surface area contributed by atoms with Crippen molar-refractivity contribution in [1.82, 2.24) is 4.98 Å². The Kier molecular flexibility index (Phi) is 3.61. The van der Waals surface area contributed by atoms with Gasteiger partial charge in [-0.25, -0.2) is 4.98 Å². The standard InChI is InChI=1S/C16H23NO2S/c1-4-19-15(18)16(2,3)13-9-20-14(17-13)12-8-10-5-6-11(12)7-10/h9-12H,4-8H2,1-3H3. The van der Waals surface area contributed by atoms with Crippen LogP contribution in [-0.2, 0) is 14.9 Å². The van der Waals surface area contributed by atoms with Crippen molar-refractivity contribution >= 4 is 17.3 Å². The van der Waals surface area contributed by atoms with Gasteiger partial charge in [0.05, 0.1) is 17.3 Å². The number of fused-ring (bicyclic) bond motifs is 2. The smallest absolute Gasteiger partial charge is 0.317 e. The van der Waals surface area contributed by atoms with Gasteiger partial charge in [0.1, 0.15) is 5.41 Å². The lowest BCUT2D eigenvalue weighted by Crippen LogP contribution is -2.31. The van der Waals surface area contributed by atoms with Crippen molar-refractivity contribution in [2.24, 2.45) is 11.8 Å². The molecule has 3 atom stereocenters. The van der Waals surface area contributed by atoms with Crippen molar-refractivity contribution in [2.75, 3.05) is 6.61 Å². The maximum absolute atomic E-state index is 12.1. The molecule has 0 saturated heterocycles. The van der Waals surface area contributed by atoms with Crippen LogP contribution >= 0.6 is 11.3 Å². The van der Waals surface area contributed by atoms with E-state index in [0.717, 1.165) is 17.5 Å². The average Bonchev–Trinajstić information content (AvgIpc) is 3.14. The Bertz CT molecular complexity index is 508. The summed E-state index contributed by atoms with van der Waals surface area (Å²) in [6.45, 7) is 6.08. The monoisotopic (exact) mass is 293 g/mol. The fourth-order valence-corrected chi connectivity index (χ4v) is 4.90. The van der Waals surface area contributed by atoms with E-state index in [1.54, 1.807) is 11.3 Å². The predicted octanol–water partition coefficient (Wildman–Crippen LogP) is 3.89. The van der Waals surface area contributed by atoms with E-state index in [1.807, 2.05) is 20.8 Å². The molecule has 3 unspecified atom stereocenters. The fourth-order valence-electron chi connectivity index (χ4n) is 3.71. The Labute approximate surface area is 124 Å². The van der Waals surface area contributed by atoms with Crippen molar-refractivity contribution < 1.29 is 9.53 Å². The molecular formula is C16H23NO2S. The first-order valence-electron chi connectivity index (χ1n) is 7.65. The molecule has 3 nitrogen and oxygen atoms in total. The summed E-state index contributed by atoms with van der Waals surface area (Å²) < 4.78 is 5.17. The molecule has 3 rings (SSSR count). The van der Waals surface area contributed by atoms with Crippen LogP contribution in [0.5, 0.6) is 0 Å². The van der Waals surface area contributed by atoms with Gasteiger partial charge in [0.2, 0.25) is 0 Å². The molecule has 2 aliphatic carbocycles. The maximum Gasteiger partial charge on any atom is 0.317 e. The molecule has 0 spiro atoms. The normalized spacial score (nSPS) is 28.9. The third kappa shape index (κ3) is 2.28. The summed E-state index contributed by atoms with van der Waals surface area (Å²) in [6.07, 6.45) is 5.47. The van der Waals surface area contributed by atoms with Crippen LogP contribution in [0.1, 0.15) is 63.1 Å². The number of thiazole rings is 1. The number of ether oxygens (including phenoxy) is 1. The van der Waals surface area contributed by atoms with Gasteiger partial charge in [-0.3, -0.25) is 4.79 Å². The Morgan fingerprint density at radius 1 is 1.45 bits per heavy atom. The second-order valence-electron chi connectivity index (χ2n) is 6.70. The van der Waals surface area contributed by atoms with Crippen LogP contribution in [0.15, 0.2) is 5.38 Å². The largest absolute Gasteiger partial charge is 0.465 e. The number of hydrogen-bond acceptors (Lipinski definition) is 4. The molecule has 1 aromatic heterocycles. The third-order valence-electron chi connectivity index (χ3n) is 5.00. The lowest BCUT2D eigenvalue weighted by atomic mass is 9.88. The zero-order valence-corrected chi connectivity index (χ0v) is 13.3. The molecule has 2 fully saturated rings. The maximum atomic E-state index is 12.1. The second kappa shape index (κ2) is 5.14. The molecule has 20 heavy (non-hydrogen) atoms. The van der Waals surface area contributed by atoms with E-state index >= 15 is 0 Å². The molecule has 0 N–H and O–H groups in total. The summed E-state index contributed by atoms with van der Waals surface area (Å²) in [5.74, 6) is 2.23. The minimum atomic E-state index is -0.637. The highest BCUT2D eigenvalue weighted by molar-refractivity contribution is 7.09. The molecule has 1 aromatic rings. The molecule has 2 saturated carbocycles. The average molecular weight is 293 g/mol. The van der Waals surface area contributed by atoms with Crippen LogP contribution in [0.4, 0.5) is 0 Å². The number of esters is 1. The van der Waals surface area contributed by atoms with E-state index in [-0.39, 0.29) is 5.97 Å². The Morgan fingerprint density at radius 3 is 2.85 bits per heavy atom. The number of aromatic nitrogens is 1. The van der Waals surface area contributed by atoms with Crippen molar-refractivity contribution in [3.8, 4) is 0 Å². The van der Waals surface area contributed by atoms with Gasteiger partial charge in [0, 0.05) is 11.3 Å². The summed E-state index contributed by atoms with van der Waals surface area (Å²) in [7, 11) is 0. The van der Waals surface area contributed by atoms with E-state index in [9.17, 15) is 4.79 Å². The SMILES string of the molecule is CCOC(=O)C(C)(C)c1csc(C2CC3CCC2C3)n1. The highest BCUT2D eigenvalue weighted by atomic mass is 32.1. The fraction of sp³-hybridized carbons (Fsp3) is 0.750.